The topological polar surface area (TPSA) is 87.3 Å². The van der Waals surface area contributed by atoms with Gasteiger partial charge in [0.05, 0.1) is 12.6 Å². The summed E-state index contributed by atoms with van der Waals surface area (Å²) in [5.41, 5.74) is 1.83. The first-order chi connectivity index (χ1) is 9.54. The zero-order chi connectivity index (χ0) is 14.5. The molecule has 1 aliphatic rings. The second-order valence-corrected chi connectivity index (χ2v) is 4.80. The molecule has 0 aliphatic carbocycles. The van der Waals surface area contributed by atoms with Crippen LogP contribution < -0.4 is 16.0 Å². The number of anilines is 1. The molecule has 0 aromatic heterocycles. The molecule has 1 atom stereocenters. The van der Waals surface area contributed by atoms with Crippen molar-refractivity contribution >= 4 is 23.4 Å². The molecule has 1 aromatic carbocycles. The van der Waals surface area contributed by atoms with Gasteiger partial charge in [-0.3, -0.25) is 25.0 Å². The Balaban J connectivity index is 1.79. The molecule has 1 aromatic rings. The molecule has 3 amide bonds. The van der Waals surface area contributed by atoms with E-state index in [1.807, 2.05) is 31.2 Å². The van der Waals surface area contributed by atoms with Crippen molar-refractivity contribution in [3.63, 3.8) is 0 Å². The normalized spacial score (nSPS) is 18.6. The molecule has 0 bridgehead atoms. The van der Waals surface area contributed by atoms with Gasteiger partial charge in [0.25, 0.3) is 0 Å². The van der Waals surface area contributed by atoms with E-state index in [1.54, 1.807) is 0 Å². The fourth-order valence-electron chi connectivity index (χ4n) is 1.95. The van der Waals surface area contributed by atoms with Gasteiger partial charge in [-0.1, -0.05) is 17.7 Å². The highest BCUT2D eigenvalue weighted by molar-refractivity contribution is 6.00. The third kappa shape index (κ3) is 3.89. The van der Waals surface area contributed by atoms with Gasteiger partial charge in [0.1, 0.15) is 0 Å². The zero-order valence-corrected chi connectivity index (χ0v) is 11.2. The van der Waals surface area contributed by atoms with Crippen molar-refractivity contribution in [2.75, 3.05) is 11.9 Å². The number of nitrogens with one attached hydrogen (secondary N) is 3. The Kier molecular flexibility index (Phi) is 4.47. The maximum atomic E-state index is 11.7. The molecule has 0 saturated carbocycles. The van der Waals surface area contributed by atoms with Crippen molar-refractivity contribution in [1.82, 2.24) is 10.6 Å². The van der Waals surface area contributed by atoms with E-state index in [4.69, 9.17) is 0 Å². The monoisotopic (exact) mass is 275 g/mol. The molecule has 20 heavy (non-hydrogen) atoms. The molecular formula is C14H17N3O3. The van der Waals surface area contributed by atoms with Crippen LogP contribution in [0.15, 0.2) is 24.3 Å². The van der Waals surface area contributed by atoms with Crippen molar-refractivity contribution in [1.29, 1.82) is 0 Å². The van der Waals surface area contributed by atoms with E-state index in [9.17, 15) is 14.4 Å². The van der Waals surface area contributed by atoms with Gasteiger partial charge in [0.2, 0.25) is 17.7 Å². The van der Waals surface area contributed by atoms with Crippen LogP contribution in [0.2, 0.25) is 0 Å². The maximum absolute atomic E-state index is 11.7. The van der Waals surface area contributed by atoms with E-state index in [2.05, 4.69) is 16.0 Å². The number of benzene rings is 1. The fourth-order valence-corrected chi connectivity index (χ4v) is 1.95. The summed E-state index contributed by atoms with van der Waals surface area (Å²) in [4.78, 5) is 34.2. The van der Waals surface area contributed by atoms with Gasteiger partial charge < -0.3 is 5.32 Å². The Morgan fingerprint density at radius 3 is 2.65 bits per heavy atom. The zero-order valence-electron chi connectivity index (χ0n) is 11.2. The van der Waals surface area contributed by atoms with Crippen LogP contribution in [-0.4, -0.2) is 30.3 Å². The Hall–Kier alpha value is -2.21. The van der Waals surface area contributed by atoms with Crippen LogP contribution >= 0.6 is 0 Å². The first-order valence-electron chi connectivity index (χ1n) is 6.48. The summed E-state index contributed by atoms with van der Waals surface area (Å²) in [6, 6.07) is 6.96. The standard InChI is InChI=1S/C14H17N3O3/c1-9-2-4-10(5-3-9)16-13(19)8-15-11-6-7-12(18)17-14(11)20/h2-5,11,15H,6-8H2,1H3,(H,16,19)(H,17,18,20). The van der Waals surface area contributed by atoms with E-state index >= 15 is 0 Å². The Morgan fingerprint density at radius 1 is 1.30 bits per heavy atom. The lowest BCUT2D eigenvalue weighted by molar-refractivity contribution is -0.134. The van der Waals surface area contributed by atoms with Crippen LogP contribution in [0.5, 0.6) is 0 Å². The number of amides is 3. The van der Waals surface area contributed by atoms with Crippen molar-refractivity contribution in [3.05, 3.63) is 29.8 Å². The number of carbonyl (C=O) groups excluding carboxylic acids is 3. The minimum absolute atomic E-state index is 0.0279. The van der Waals surface area contributed by atoms with Gasteiger partial charge in [-0.15, -0.1) is 0 Å². The highest BCUT2D eigenvalue weighted by Crippen LogP contribution is 2.08. The van der Waals surface area contributed by atoms with E-state index in [0.717, 1.165) is 5.56 Å². The number of hydrogen-bond donors (Lipinski definition) is 3. The predicted octanol–water partition coefficient (Wildman–Crippen LogP) is 0.328. The Bertz CT molecular complexity index is 525. The SMILES string of the molecule is Cc1ccc(NC(=O)CNC2CCC(=O)NC2=O)cc1. The summed E-state index contributed by atoms with van der Waals surface area (Å²) in [5.74, 6) is -0.861. The van der Waals surface area contributed by atoms with Crippen molar-refractivity contribution < 1.29 is 14.4 Å². The number of hydrogen-bond acceptors (Lipinski definition) is 4. The average molecular weight is 275 g/mol. The van der Waals surface area contributed by atoms with Crippen molar-refractivity contribution in [2.45, 2.75) is 25.8 Å². The minimum Gasteiger partial charge on any atom is -0.325 e. The van der Waals surface area contributed by atoms with Gasteiger partial charge in [-0.05, 0) is 25.5 Å². The third-order valence-electron chi connectivity index (χ3n) is 3.08. The number of aryl methyl sites for hydroxylation is 1. The molecular weight excluding hydrogens is 258 g/mol. The maximum Gasteiger partial charge on any atom is 0.243 e. The first kappa shape index (κ1) is 14.2. The highest BCUT2D eigenvalue weighted by Gasteiger charge is 2.26. The summed E-state index contributed by atoms with van der Waals surface area (Å²) in [6.07, 6.45) is 0.714. The second kappa shape index (κ2) is 6.29. The van der Waals surface area contributed by atoms with Crippen molar-refractivity contribution in [3.8, 4) is 0 Å². The number of piperidine rings is 1. The lowest BCUT2D eigenvalue weighted by Gasteiger charge is -2.21. The summed E-state index contributed by atoms with van der Waals surface area (Å²) in [7, 11) is 0. The number of carbonyl (C=O) groups is 3. The van der Waals surface area contributed by atoms with Gasteiger partial charge in [0, 0.05) is 12.1 Å². The molecule has 1 aliphatic heterocycles. The second-order valence-electron chi connectivity index (χ2n) is 4.80. The predicted molar refractivity (Wildman–Crippen MR) is 74.0 cm³/mol. The smallest absolute Gasteiger partial charge is 0.243 e. The van der Waals surface area contributed by atoms with Crippen LogP contribution in [-0.2, 0) is 14.4 Å². The summed E-state index contributed by atoms with van der Waals surface area (Å²) in [5, 5.41) is 7.82. The van der Waals surface area contributed by atoms with Crippen LogP contribution in [0.4, 0.5) is 5.69 Å². The average Bonchev–Trinajstić information content (AvgIpc) is 2.40. The van der Waals surface area contributed by atoms with E-state index in [0.29, 0.717) is 18.5 Å². The van der Waals surface area contributed by atoms with Gasteiger partial charge in [-0.25, -0.2) is 0 Å². The van der Waals surface area contributed by atoms with E-state index in [1.165, 1.54) is 0 Å². The molecule has 1 unspecified atom stereocenters. The van der Waals surface area contributed by atoms with Crippen LogP contribution in [0.1, 0.15) is 18.4 Å². The van der Waals surface area contributed by atoms with Gasteiger partial charge in [-0.2, -0.15) is 0 Å². The molecule has 6 heteroatoms. The molecule has 1 fully saturated rings. The largest absolute Gasteiger partial charge is 0.325 e. The molecule has 0 radical (unpaired) electrons. The molecule has 106 valence electrons. The lowest BCUT2D eigenvalue weighted by atomic mass is 10.1. The molecule has 3 N–H and O–H groups in total. The summed E-state index contributed by atoms with van der Waals surface area (Å²) < 4.78 is 0. The summed E-state index contributed by atoms with van der Waals surface area (Å²) >= 11 is 0. The first-order valence-corrected chi connectivity index (χ1v) is 6.48. The van der Waals surface area contributed by atoms with Gasteiger partial charge in [0.15, 0.2) is 0 Å². The Labute approximate surface area is 116 Å². The summed E-state index contributed by atoms with van der Waals surface area (Å²) in [6.45, 7) is 2.00. The van der Waals surface area contributed by atoms with Crippen LogP contribution in [0, 0.1) is 6.92 Å². The fraction of sp³-hybridized carbons (Fsp3) is 0.357. The van der Waals surface area contributed by atoms with E-state index in [-0.39, 0.29) is 24.3 Å². The van der Waals surface area contributed by atoms with E-state index < -0.39 is 6.04 Å². The van der Waals surface area contributed by atoms with Crippen molar-refractivity contribution in [2.24, 2.45) is 0 Å². The van der Waals surface area contributed by atoms with Crippen LogP contribution in [0.25, 0.3) is 0 Å². The quantitative estimate of drug-likeness (QED) is 0.691. The lowest BCUT2D eigenvalue weighted by Crippen LogP contribution is -2.52. The minimum atomic E-state index is -0.489. The Morgan fingerprint density at radius 2 is 2.00 bits per heavy atom. The molecule has 6 nitrogen and oxygen atoms in total. The molecule has 1 saturated heterocycles. The number of rotatable bonds is 4. The molecule has 0 spiro atoms. The van der Waals surface area contributed by atoms with Crippen LogP contribution in [0.3, 0.4) is 0 Å². The highest BCUT2D eigenvalue weighted by atomic mass is 16.2. The van der Waals surface area contributed by atoms with Gasteiger partial charge >= 0.3 is 0 Å². The molecule has 2 rings (SSSR count). The third-order valence-corrected chi connectivity index (χ3v) is 3.08. The number of imide groups is 1. The molecule has 1 heterocycles.